The molecule has 1 aromatic rings. The molecule has 104 valence electrons. The van der Waals surface area contributed by atoms with Crippen LogP contribution in [0.4, 0.5) is 5.82 Å². The van der Waals surface area contributed by atoms with Gasteiger partial charge in [0.15, 0.2) is 0 Å². The number of piperidine rings is 1. The Bertz CT molecular complexity index is 426. The van der Waals surface area contributed by atoms with Crippen LogP contribution in [-0.2, 0) is 0 Å². The van der Waals surface area contributed by atoms with E-state index < -0.39 is 0 Å². The molecule has 1 aromatic heterocycles. The Labute approximate surface area is 115 Å². The number of rotatable bonds is 2. The third-order valence-corrected chi connectivity index (χ3v) is 4.54. The summed E-state index contributed by atoms with van der Waals surface area (Å²) in [6, 6.07) is 5.27. The van der Waals surface area contributed by atoms with E-state index >= 15 is 0 Å². The van der Waals surface area contributed by atoms with Crippen LogP contribution in [0.2, 0.25) is 0 Å². The highest BCUT2D eigenvalue weighted by atomic mass is 15.3. The lowest BCUT2D eigenvalue weighted by Gasteiger charge is -2.34. The van der Waals surface area contributed by atoms with Gasteiger partial charge in [0.1, 0.15) is 5.82 Å². The molecule has 0 bridgehead atoms. The zero-order valence-electron chi connectivity index (χ0n) is 11.8. The summed E-state index contributed by atoms with van der Waals surface area (Å²) in [5.41, 5.74) is 7.27. The second kappa shape index (κ2) is 5.47. The van der Waals surface area contributed by atoms with Crippen molar-refractivity contribution in [1.29, 1.82) is 0 Å². The fourth-order valence-electron chi connectivity index (χ4n) is 3.33. The highest BCUT2D eigenvalue weighted by molar-refractivity contribution is 5.47. The van der Waals surface area contributed by atoms with Crippen LogP contribution in [0.1, 0.15) is 24.8 Å². The maximum Gasteiger partial charge on any atom is 0.131 e. The first-order chi connectivity index (χ1) is 9.24. The molecule has 0 spiro atoms. The lowest BCUT2D eigenvalue weighted by molar-refractivity contribution is 0.163. The van der Waals surface area contributed by atoms with E-state index in [4.69, 9.17) is 5.73 Å². The van der Waals surface area contributed by atoms with E-state index in [-0.39, 0.29) is 0 Å². The second-order valence-electron chi connectivity index (χ2n) is 5.91. The van der Waals surface area contributed by atoms with Crippen LogP contribution in [0.3, 0.4) is 0 Å². The number of likely N-dealkylation sites (tertiary alicyclic amines) is 1. The quantitative estimate of drug-likeness (QED) is 0.873. The molecule has 2 aliphatic rings. The predicted octanol–water partition coefficient (Wildman–Crippen LogP) is 1.39. The first-order valence-corrected chi connectivity index (χ1v) is 7.40. The molecule has 1 atom stereocenters. The minimum absolute atomic E-state index is 0.423. The maximum absolute atomic E-state index is 5.99. The first kappa shape index (κ1) is 12.9. The summed E-state index contributed by atoms with van der Waals surface area (Å²) < 4.78 is 0. The average molecular weight is 260 g/mol. The Balaban J connectivity index is 1.63. The highest BCUT2D eigenvalue weighted by Crippen LogP contribution is 2.25. The summed E-state index contributed by atoms with van der Waals surface area (Å²) in [7, 11) is 0. The smallest absolute Gasteiger partial charge is 0.131 e. The van der Waals surface area contributed by atoms with Crippen LogP contribution in [-0.4, -0.2) is 48.1 Å². The monoisotopic (exact) mass is 260 g/mol. The Morgan fingerprint density at radius 3 is 2.74 bits per heavy atom. The second-order valence-corrected chi connectivity index (χ2v) is 5.91. The third kappa shape index (κ3) is 2.74. The minimum Gasteiger partial charge on any atom is -0.355 e. The summed E-state index contributed by atoms with van der Waals surface area (Å²) >= 11 is 0. The minimum atomic E-state index is 0.423. The van der Waals surface area contributed by atoms with Gasteiger partial charge in [-0.15, -0.1) is 0 Å². The van der Waals surface area contributed by atoms with Crippen molar-refractivity contribution < 1.29 is 0 Å². The van der Waals surface area contributed by atoms with Crippen molar-refractivity contribution >= 4 is 5.82 Å². The van der Waals surface area contributed by atoms with Crippen LogP contribution >= 0.6 is 0 Å². The van der Waals surface area contributed by atoms with Crippen molar-refractivity contribution in [1.82, 2.24) is 9.88 Å². The van der Waals surface area contributed by atoms with Gasteiger partial charge in [-0.1, -0.05) is 6.07 Å². The molecule has 2 aliphatic heterocycles. The molecule has 0 amide bonds. The van der Waals surface area contributed by atoms with E-state index in [0.29, 0.717) is 12.1 Å². The van der Waals surface area contributed by atoms with Crippen LogP contribution in [0.15, 0.2) is 18.3 Å². The van der Waals surface area contributed by atoms with Crippen LogP contribution in [0, 0.1) is 6.92 Å². The molecule has 0 saturated carbocycles. The van der Waals surface area contributed by atoms with Gasteiger partial charge < -0.3 is 10.6 Å². The third-order valence-electron chi connectivity index (χ3n) is 4.54. The van der Waals surface area contributed by atoms with Crippen molar-refractivity contribution in [3.63, 3.8) is 0 Å². The van der Waals surface area contributed by atoms with E-state index in [2.05, 4.69) is 27.8 Å². The predicted molar refractivity (Wildman–Crippen MR) is 78.4 cm³/mol. The van der Waals surface area contributed by atoms with Gasteiger partial charge in [-0.25, -0.2) is 4.98 Å². The van der Waals surface area contributed by atoms with Crippen molar-refractivity contribution in [3.05, 3.63) is 23.9 Å². The molecule has 19 heavy (non-hydrogen) atoms. The summed E-state index contributed by atoms with van der Waals surface area (Å²) in [5, 5.41) is 0. The van der Waals surface area contributed by atoms with Crippen LogP contribution < -0.4 is 10.6 Å². The lowest BCUT2D eigenvalue weighted by Crippen LogP contribution is -2.46. The average Bonchev–Trinajstić information content (AvgIpc) is 2.89. The number of hydrogen-bond acceptors (Lipinski definition) is 4. The van der Waals surface area contributed by atoms with Gasteiger partial charge in [0.05, 0.1) is 0 Å². The van der Waals surface area contributed by atoms with Gasteiger partial charge in [-0.3, -0.25) is 4.90 Å². The number of anilines is 1. The molecular formula is C15H24N4. The Morgan fingerprint density at radius 1 is 1.21 bits per heavy atom. The van der Waals surface area contributed by atoms with Crippen LogP contribution in [0.25, 0.3) is 0 Å². The lowest BCUT2D eigenvalue weighted by atomic mass is 10.0. The molecule has 0 aliphatic carbocycles. The maximum atomic E-state index is 5.99. The Morgan fingerprint density at radius 2 is 2.00 bits per heavy atom. The Kier molecular flexibility index (Phi) is 3.71. The van der Waals surface area contributed by atoms with Gasteiger partial charge in [0.2, 0.25) is 0 Å². The number of nitrogens with two attached hydrogens (primary N) is 1. The largest absolute Gasteiger partial charge is 0.355 e. The van der Waals surface area contributed by atoms with Gasteiger partial charge in [-0.05, 0) is 50.9 Å². The van der Waals surface area contributed by atoms with Crippen molar-refractivity contribution in [2.24, 2.45) is 5.73 Å². The first-order valence-electron chi connectivity index (χ1n) is 7.40. The zero-order chi connectivity index (χ0) is 13.2. The van der Waals surface area contributed by atoms with E-state index in [1.54, 1.807) is 0 Å². The van der Waals surface area contributed by atoms with Crippen LogP contribution in [0.5, 0.6) is 0 Å². The molecule has 2 fully saturated rings. The molecule has 0 aromatic carbocycles. The fourth-order valence-corrected chi connectivity index (χ4v) is 3.33. The van der Waals surface area contributed by atoms with E-state index in [9.17, 15) is 0 Å². The summed E-state index contributed by atoms with van der Waals surface area (Å²) in [6.07, 6.45) is 5.46. The molecule has 2 saturated heterocycles. The molecule has 4 heteroatoms. The van der Waals surface area contributed by atoms with Gasteiger partial charge in [0.25, 0.3) is 0 Å². The summed E-state index contributed by atoms with van der Waals surface area (Å²) in [5.74, 6) is 1.17. The number of hydrogen-bond donors (Lipinski definition) is 1. The Hall–Kier alpha value is -1.13. The summed E-state index contributed by atoms with van der Waals surface area (Å²) in [6.45, 7) is 6.73. The van der Waals surface area contributed by atoms with E-state index in [1.165, 1.54) is 30.9 Å². The summed E-state index contributed by atoms with van der Waals surface area (Å²) in [4.78, 5) is 9.60. The number of pyridine rings is 1. The topological polar surface area (TPSA) is 45.4 Å². The van der Waals surface area contributed by atoms with Gasteiger partial charge in [-0.2, -0.15) is 0 Å². The van der Waals surface area contributed by atoms with Crippen molar-refractivity contribution in [2.45, 2.75) is 38.3 Å². The number of aromatic nitrogens is 1. The number of nitrogens with zero attached hydrogens (tertiary/aromatic N) is 3. The zero-order valence-corrected chi connectivity index (χ0v) is 11.8. The standard InChI is InChI=1S/C15H24N4/c1-12-3-2-7-17-15(12)19-10-6-14(11-19)18-8-4-13(16)5-9-18/h2-3,7,13-14H,4-6,8-11,16H2,1H3. The normalized spacial score (nSPS) is 26.0. The molecule has 4 nitrogen and oxygen atoms in total. The van der Waals surface area contributed by atoms with Crippen molar-refractivity contribution in [3.8, 4) is 0 Å². The molecule has 3 rings (SSSR count). The SMILES string of the molecule is Cc1cccnc1N1CCC(N2CCC(N)CC2)C1. The number of aryl methyl sites for hydroxylation is 1. The van der Waals surface area contributed by atoms with Gasteiger partial charge >= 0.3 is 0 Å². The highest BCUT2D eigenvalue weighted by Gasteiger charge is 2.30. The molecule has 3 heterocycles. The molecular weight excluding hydrogens is 236 g/mol. The fraction of sp³-hybridized carbons (Fsp3) is 0.667. The molecule has 0 radical (unpaired) electrons. The van der Waals surface area contributed by atoms with Gasteiger partial charge in [0, 0.05) is 31.4 Å². The van der Waals surface area contributed by atoms with Crippen molar-refractivity contribution in [2.75, 3.05) is 31.1 Å². The molecule has 2 N–H and O–H groups in total. The van der Waals surface area contributed by atoms with E-state index in [0.717, 1.165) is 25.9 Å². The van der Waals surface area contributed by atoms with E-state index in [1.807, 2.05) is 12.3 Å². The molecule has 1 unspecified atom stereocenters.